The van der Waals surface area contributed by atoms with Crippen molar-refractivity contribution in [3.8, 4) is 0 Å². The Balaban J connectivity index is 2.17. The van der Waals surface area contributed by atoms with E-state index in [-0.39, 0.29) is 16.7 Å². The molecule has 2 rings (SSSR count). The second-order valence-corrected chi connectivity index (χ2v) is 6.52. The Labute approximate surface area is 128 Å². The molecule has 19 heavy (non-hydrogen) atoms. The van der Waals surface area contributed by atoms with Gasteiger partial charge in [-0.1, -0.05) is 0 Å². The number of thiazole rings is 1. The summed E-state index contributed by atoms with van der Waals surface area (Å²) in [4.78, 5) is 15.8. The maximum atomic E-state index is 10.7. The van der Waals surface area contributed by atoms with E-state index in [1.54, 1.807) is 23.5 Å². The van der Waals surface area contributed by atoms with E-state index in [1.807, 2.05) is 20.0 Å². The number of aromatic nitrogens is 1. The molecule has 0 saturated carbocycles. The summed E-state index contributed by atoms with van der Waals surface area (Å²) in [7, 11) is 0. The lowest BCUT2D eigenvalue weighted by Crippen LogP contribution is -2.07. The minimum absolute atomic E-state index is 0.0775. The second kappa shape index (κ2) is 5.83. The molecule has 7 heteroatoms. The first-order valence-electron chi connectivity index (χ1n) is 5.60. The van der Waals surface area contributed by atoms with Crippen LogP contribution in [0, 0.1) is 20.6 Å². The van der Waals surface area contributed by atoms with E-state index in [0.29, 0.717) is 0 Å². The number of halogens is 1. The van der Waals surface area contributed by atoms with Gasteiger partial charge in [0.25, 0.3) is 5.69 Å². The molecular formula is C12H12IN3O2S. The smallest absolute Gasteiger partial charge is 0.270 e. The number of hydrogen-bond donors (Lipinski definition) is 1. The summed E-state index contributed by atoms with van der Waals surface area (Å²) in [6.45, 7) is 4.04. The molecule has 0 aliphatic rings. The predicted octanol–water partition coefficient (Wildman–Crippen LogP) is 4.14. The monoisotopic (exact) mass is 389 g/mol. The molecule has 1 aromatic carbocycles. The van der Waals surface area contributed by atoms with Crippen molar-refractivity contribution < 1.29 is 4.92 Å². The lowest BCUT2D eigenvalue weighted by Gasteiger charge is -2.14. The van der Waals surface area contributed by atoms with Crippen molar-refractivity contribution in [1.29, 1.82) is 0 Å². The fraction of sp³-hybridized carbons (Fsp3) is 0.250. The van der Waals surface area contributed by atoms with E-state index < -0.39 is 0 Å². The Morgan fingerprint density at radius 1 is 1.53 bits per heavy atom. The highest BCUT2D eigenvalue weighted by Gasteiger charge is 2.13. The first kappa shape index (κ1) is 14.2. The quantitative estimate of drug-likeness (QED) is 0.485. The van der Waals surface area contributed by atoms with Gasteiger partial charge in [0.1, 0.15) is 5.01 Å². The number of nitrogens with one attached hydrogen (secondary N) is 1. The Morgan fingerprint density at radius 3 is 2.79 bits per heavy atom. The Morgan fingerprint density at radius 2 is 2.26 bits per heavy atom. The van der Waals surface area contributed by atoms with Crippen LogP contribution in [-0.4, -0.2) is 9.91 Å². The van der Waals surface area contributed by atoms with E-state index in [1.165, 1.54) is 10.9 Å². The number of aryl methyl sites for hydroxylation is 1. The summed E-state index contributed by atoms with van der Waals surface area (Å²) in [5.74, 6) is 0. The van der Waals surface area contributed by atoms with E-state index in [9.17, 15) is 10.1 Å². The van der Waals surface area contributed by atoms with E-state index in [2.05, 4.69) is 32.9 Å². The standard InChI is InChI=1S/C12H12IN3O2S/c1-7-6-14-12(19-7)8(2)15-11-4-3-9(16(17)18)5-10(11)13/h3-6,8,15H,1-2H3. The minimum Gasteiger partial charge on any atom is -0.375 e. The Bertz CT molecular complexity index is 615. The average Bonchev–Trinajstić information content (AvgIpc) is 2.78. The summed E-state index contributed by atoms with van der Waals surface area (Å²) < 4.78 is 0.826. The molecule has 1 unspecified atom stereocenters. The normalized spacial score (nSPS) is 12.2. The van der Waals surface area contributed by atoms with E-state index >= 15 is 0 Å². The number of nitro benzene ring substituents is 1. The van der Waals surface area contributed by atoms with Crippen LogP contribution in [0.5, 0.6) is 0 Å². The third-order valence-electron chi connectivity index (χ3n) is 2.55. The van der Waals surface area contributed by atoms with Crippen LogP contribution in [0.3, 0.4) is 0 Å². The number of hydrogen-bond acceptors (Lipinski definition) is 5. The molecule has 5 nitrogen and oxygen atoms in total. The van der Waals surface area contributed by atoms with Gasteiger partial charge in [0.15, 0.2) is 0 Å². The second-order valence-electron chi connectivity index (χ2n) is 4.10. The number of benzene rings is 1. The third-order valence-corrected chi connectivity index (χ3v) is 4.53. The van der Waals surface area contributed by atoms with Crippen molar-refractivity contribution in [2.24, 2.45) is 0 Å². The zero-order valence-electron chi connectivity index (χ0n) is 10.4. The molecule has 0 fully saturated rings. The maximum absolute atomic E-state index is 10.7. The van der Waals surface area contributed by atoms with Crippen LogP contribution in [0.4, 0.5) is 11.4 Å². The zero-order valence-corrected chi connectivity index (χ0v) is 13.4. The summed E-state index contributed by atoms with van der Waals surface area (Å²) >= 11 is 3.74. The van der Waals surface area contributed by atoms with Crippen molar-refractivity contribution >= 4 is 45.3 Å². The van der Waals surface area contributed by atoms with Crippen molar-refractivity contribution in [1.82, 2.24) is 4.98 Å². The number of rotatable bonds is 4. The molecule has 0 saturated heterocycles. The van der Waals surface area contributed by atoms with Crippen molar-refractivity contribution in [3.05, 3.63) is 48.0 Å². The van der Waals surface area contributed by atoms with Crippen LogP contribution in [0.2, 0.25) is 0 Å². The summed E-state index contributed by atoms with van der Waals surface area (Å²) in [6, 6.07) is 4.87. The molecule has 0 radical (unpaired) electrons. The van der Waals surface area contributed by atoms with Gasteiger partial charge >= 0.3 is 0 Å². The van der Waals surface area contributed by atoms with Crippen molar-refractivity contribution in [2.45, 2.75) is 19.9 Å². The fourth-order valence-corrected chi connectivity index (χ4v) is 3.03. The van der Waals surface area contributed by atoms with Crippen molar-refractivity contribution in [2.75, 3.05) is 5.32 Å². The molecule has 0 aliphatic heterocycles. The van der Waals surface area contributed by atoms with Gasteiger partial charge in [-0.2, -0.15) is 0 Å². The number of nitrogens with zero attached hydrogens (tertiary/aromatic N) is 2. The molecule has 0 bridgehead atoms. The number of nitro groups is 1. The zero-order chi connectivity index (χ0) is 14.0. The summed E-state index contributed by atoms with van der Waals surface area (Å²) in [5, 5.41) is 15.0. The van der Waals surface area contributed by atoms with E-state index in [0.717, 1.165) is 14.3 Å². The Hall–Kier alpha value is -1.22. The number of anilines is 1. The first-order valence-corrected chi connectivity index (χ1v) is 7.49. The van der Waals surface area contributed by atoms with Gasteiger partial charge in [0.05, 0.1) is 11.0 Å². The highest BCUT2D eigenvalue weighted by atomic mass is 127. The molecule has 1 heterocycles. The van der Waals surface area contributed by atoms with Crippen LogP contribution >= 0.6 is 33.9 Å². The lowest BCUT2D eigenvalue weighted by atomic mass is 10.2. The van der Waals surface area contributed by atoms with Gasteiger partial charge < -0.3 is 5.32 Å². The van der Waals surface area contributed by atoms with Gasteiger partial charge in [-0.25, -0.2) is 4.98 Å². The molecule has 0 aliphatic carbocycles. The Kier molecular flexibility index (Phi) is 4.35. The lowest BCUT2D eigenvalue weighted by molar-refractivity contribution is -0.384. The van der Waals surface area contributed by atoms with Gasteiger partial charge in [-0.15, -0.1) is 11.3 Å². The van der Waals surface area contributed by atoms with Gasteiger partial charge in [0, 0.05) is 32.5 Å². The largest absolute Gasteiger partial charge is 0.375 e. The van der Waals surface area contributed by atoms with E-state index in [4.69, 9.17) is 0 Å². The fourth-order valence-electron chi connectivity index (χ4n) is 1.60. The third kappa shape index (κ3) is 3.41. The first-order chi connectivity index (χ1) is 8.97. The van der Waals surface area contributed by atoms with Crippen LogP contribution in [0.25, 0.3) is 0 Å². The summed E-state index contributed by atoms with van der Waals surface area (Å²) in [6.07, 6.45) is 1.85. The maximum Gasteiger partial charge on any atom is 0.270 e. The van der Waals surface area contributed by atoms with Gasteiger partial charge in [-0.05, 0) is 42.5 Å². The molecule has 1 aromatic heterocycles. The minimum atomic E-state index is -0.389. The molecule has 1 N–H and O–H groups in total. The van der Waals surface area contributed by atoms with Crippen LogP contribution < -0.4 is 5.32 Å². The van der Waals surface area contributed by atoms with Crippen molar-refractivity contribution in [3.63, 3.8) is 0 Å². The molecule has 2 aromatic rings. The van der Waals surface area contributed by atoms with Gasteiger partial charge in [0.2, 0.25) is 0 Å². The topological polar surface area (TPSA) is 68.1 Å². The average molecular weight is 389 g/mol. The van der Waals surface area contributed by atoms with Gasteiger partial charge in [-0.3, -0.25) is 10.1 Å². The predicted molar refractivity (Wildman–Crippen MR) is 84.7 cm³/mol. The molecule has 1 atom stereocenters. The highest BCUT2D eigenvalue weighted by Crippen LogP contribution is 2.28. The molecule has 100 valence electrons. The van der Waals surface area contributed by atoms with Crippen LogP contribution in [0.1, 0.15) is 22.9 Å². The highest BCUT2D eigenvalue weighted by molar-refractivity contribution is 14.1. The SMILES string of the molecule is Cc1cnc(C(C)Nc2ccc([N+](=O)[O-])cc2I)s1. The molecule has 0 amide bonds. The molecular weight excluding hydrogens is 377 g/mol. The van der Waals surface area contributed by atoms with Crippen LogP contribution in [-0.2, 0) is 0 Å². The molecule has 0 spiro atoms. The summed E-state index contributed by atoms with van der Waals surface area (Å²) in [5.41, 5.74) is 0.985. The van der Waals surface area contributed by atoms with Crippen LogP contribution in [0.15, 0.2) is 24.4 Å². The number of non-ortho nitro benzene ring substituents is 1.